The van der Waals surface area contributed by atoms with Gasteiger partial charge < -0.3 is 5.73 Å². The van der Waals surface area contributed by atoms with Crippen LogP contribution in [0.1, 0.15) is 5.56 Å². The van der Waals surface area contributed by atoms with Crippen LogP contribution in [0.25, 0.3) is 11.1 Å². The summed E-state index contributed by atoms with van der Waals surface area (Å²) in [5.74, 6) is -0.231. The molecule has 15 heavy (non-hydrogen) atoms. The molecular weight excluding hydrogens is 189 g/mol. The molecule has 2 rings (SSSR count). The molecule has 2 aromatic rings. The minimum absolute atomic E-state index is 0.231. The maximum Gasteiger partial charge on any atom is 0.123 e. The molecule has 0 fully saturated rings. The second kappa shape index (κ2) is 3.73. The summed E-state index contributed by atoms with van der Waals surface area (Å²) in [6.45, 7) is 2.00. The van der Waals surface area contributed by atoms with Gasteiger partial charge in [0, 0.05) is 11.3 Å². The van der Waals surface area contributed by atoms with Crippen molar-refractivity contribution in [1.29, 1.82) is 0 Å². The fourth-order valence-electron chi connectivity index (χ4n) is 1.70. The average Bonchev–Trinajstić information content (AvgIpc) is 2.20. The Morgan fingerprint density at radius 2 is 1.67 bits per heavy atom. The molecule has 76 valence electrons. The highest BCUT2D eigenvalue weighted by atomic mass is 19.1. The van der Waals surface area contributed by atoms with Crippen molar-refractivity contribution in [1.82, 2.24) is 0 Å². The van der Waals surface area contributed by atoms with Crippen LogP contribution in [0.2, 0.25) is 0 Å². The van der Waals surface area contributed by atoms with E-state index in [1.165, 1.54) is 12.1 Å². The fraction of sp³-hybridized carbons (Fsp3) is 0.0769. The SMILES string of the molecule is Cc1cccc(N)c1-c1ccc(F)cc1. The predicted molar refractivity (Wildman–Crippen MR) is 61.0 cm³/mol. The third kappa shape index (κ3) is 1.84. The summed E-state index contributed by atoms with van der Waals surface area (Å²) in [6, 6.07) is 12.1. The first-order valence-electron chi connectivity index (χ1n) is 4.79. The van der Waals surface area contributed by atoms with Gasteiger partial charge in [0.05, 0.1) is 0 Å². The Bertz CT molecular complexity index is 454. The maximum atomic E-state index is 12.8. The zero-order chi connectivity index (χ0) is 10.8. The van der Waals surface area contributed by atoms with E-state index in [0.717, 1.165) is 22.4 Å². The smallest absolute Gasteiger partial charge is 0.123 e. The van der Waals surface area contributed by atoms with Crippen LogP contribution >= 0.6 is 0 Å². The lowest BCUT2D eigenvalue weighted by molar-refractivity contribution is 0.628. The molecule has 0 amide bonds. The maximum absolute atomic E-state index is 12.8. The van der Waals surface area contributed by atoms with Crippen molar-refractivity contribution in [3.05, 3.63) is 53.8 Å². The molecule has 0 aliphatic carbocycles. The molecular formula is C13H12FN. The van der Waals surface area contributed by atoms with E-state index in [2.05, 4.69) is 0 Å². The van der Waals surface area contributed by atoms with Crippen molar-refractivity contribution < 1.29 is 4.39 Å². The standard InChI is InChI=1S/C13H12FN/c1-9-3-2-4-12(15)13(9)10-5-7-11(14)8-6-10/h2-8H,15H2,1H3. The molecule has 0 atom stereocenters. The van der Waals surface area contributed by atoms with Gasteiger partial charge in [0.1, 0.15) is 5.82 Å². The highest BCUT2D eigenvalue weighted by molar-refractivity contribution is 5.79. The van der Waals surface area contributed by atoms with E-state index in [1.54, 1.807) is 12.1 Å². The molecule has 0 saturated heterocycles. The average molecular weight is 201 g/mol. The van der Waals surface area contributed by atoms with Crippen molar-refractivity contribution in [2.24, 2.45) is 0 Å². The number of nitrogen functional groups attached to an aromatic ring is 1. The summed E-state index contributed by atoms with van der Waals surface area (Å²) in [7, 11) is 0. The number of benzene rings is 2. The zero-order valence-electron chi connectivity index (χ0n) is 8.50. The number of nitrogens with two attached hydrogens (primary N) is 1. The third-order valence-electron chi connectivity index (χ3n) is 2.44. The van der Waals surface area contributed by atoms with Gasteiger partial charge in [-0.2, -0.15) is 0 Å². The van der Waals surface area contributed by atoms with Gasteiger partial charge in [0.15, 0.2) is 0 Å². The number of anilines is 1. The summed E-state index contributed by atoms with van der Waals surface area (Å²) in [5, 5.41) is 0. The molecule has 0 aliphatic heterocycles. The summed E-state index contributed by atoms with van der Waals surface area (Å²) >= 11 is 0. The highest BCUT2D eigenvalue weighted by Crippen LogP contribution is 2.29. The monoisotopic (exact) mass is 201 g/mol. The number of aryl methyl sites for hydroxylation is 1. The van der Waals surface area contributed by atoms with Crippen LogP contribution < -0.4 is 5.73 Å². The summed E-state index contributed by atoms with van der Waals surface area (Å²) in [4.78, 5) is 0. The number of halogens is 1. The Hall–Kier alpha value is -1.83. The van der Waals surface area contributed by atoms with E-state index in [0.29, 0.717) is 0 Å². The van der Waals surface area contributed by atoms with Crippen molar-refractivity contribution >= 4 is 5.69 Å². The molecule has 0 aliphatic rings. The summed E-state index contributed by atoms with van der Waals surface area (Å²) in [5.41, 5.74) is 9.65. The molecule has 2 aromatic carbocycles. The van der Waals surface area contributed by atoms with Crippen LogP contribution in [0, 0.1) is 12.7 Å². The second-order valence-electron chi connectivity index (χ2n) is 3.55. The van der Waals surface area contributed by atoms with Crippen LogP contribution in [0.3, 0.4) is 0 Å². The fourth-order valence-corrected chi connectivity index (χ4v) is 1.70. The van der Waals surface area contributed by atoms with Gasteiger partial charge >= 0.3 is 0 Å². The lowest BCUT2D eigenvalue weighted by atomic mass is 9.99. The van der Waals surface area contributed by atoms with E-state index < -0.39 is 0 Å². The molecule has 0 heterocycles. The Kier molecular flexibility index (Phi) is 2.42. The number of rotatable bonds is 1. The van der Waals surface area contributed by atoms with E-state index in [1.807, 2.05) is 25.1 Å². The van der Waals surface area contributed by atoms with Gasteiger partial charge in [-0.3, -0.25) is 0 Å². The van der Waals surface area contributed by atoms with Crippen LogP contribution in [-0.4, -0.2) is 0 Å². The third-order valence-corrected chi connectivity index (χ3v) is 2.44. The first-order valence-corrected chi connectivity index (χ1v) is 4.79. The largest absolute Gasteiger partial charge is 0.398 e. The molecule has 0 bridgehead atoms. The quantitative estimate of drug-likeness (QED) is 0.703. The molecule has 1 nitrogen and oxygen atoms in total. The van der Waals surface area contributed by atoms with E-state index in [-0.39, 0.29) is 5.82 Å². The van der Waals surface area contributed by atoms with Gasteiger partial charge in [-0.05, 0) is 36.2 Å². The van der Waals surface area contributed by atoms with Crippen molar-refractivity contribution in [3.63, 3.8) is 0 Å². The topological polar surface area (TPSA) is 26.0 Å². The minimum atomic E-state index is -0.231. The van der Waals surface area contributed by atoms with Crippen molar-refractivity contribution in [2.75, 3.05) is 5.73 Å². The Morgan fingerprint density at radius 3 is 2.27 bits per heavy atom. The van der Waals surface area contributed by atoms with E-state index in [9.17, 15) is 4.39 Å². The first-order chi connectivity index (χ1) is 7.18. The van der Waals surface area contributed by atoms with Gasteiger partial charge in [-0.1, -0.05) is 24.3 Å². The van der Waals surface area contributed by atoms with Gasteiger partial charge in [-0.25, -0.2) is 4.39 Å². The Balaban J connectivity index is 2.58. The normalized spacial score (nSPS) is 10.3. The molecule has 0 saturated carbocycles. The van der Waals surface area contributed by atoms with Gasteiger partial charge in [0.2, 0.25) is 0 Å². The zero-order valence-corrected chi connectivity index (χ0v) is 8.50. The molecule has 2 heteroatoms. The molecule has 0 radical (unpaired) electrons. The van der Waals surface area contributed by atoms with Gasteiger partial charge in [0.25, 0.3) is 0 Å². The minimum Gasteiger partial charge on any atom is -0.398 e. The Labute approximate surface area is 88.4 Å². The van der Waals surface area contributed by atoms with E-state index >= 15 is 0 Å². The molecule has 0 unspecified atom stereocenters. The van der Waals surface area contributed by atoms with Crippen LogP contribution in [0.15, 0.2) is 42.5 Å². The molecule has 2 N–H and O–H groups in total. The van der Waals surface area contributed by atoms with Crippen LogP contribution in [0.4, 0.5) is 10.1 Å². The first kappa shape index (κ1) is 9.71. The lowest BCUT2D eigenvalue weighted by Gasteiger charge is -2.09. The predicted octanol–water partition coefficient (Wildman–Crippen LogP) is 3.38. The lowest BCUT2D eigenvalue weighted by Crippen LogP contribution is -1.92. The Morgan fingerprint density at radius 1 is 1.00 bits per heavy atom. The van der Waals surface area contributed by atoms with Crippen LogP contribution in [0.5, 0.6) is 0 Å². The van der Waals surface area contributed by atoms with Crippen LogP contribution in [-0.2, 0) is 0 Å². The molecule has 0 aromatic heterocycles. The number of hydrogen-bond donors (Lipinski definition) is 1. The molecule has 0 spiro atoms. The highest BCUT2D eigenvalue weighted by Gasteiger charge is 2.05. The van der Waals surface area contributed by atoms with Crippen molar-refractivity contribution in [3.8, 4) is 11.1 Å². The van der Waals surface area contributed by atoms with E-state index in [4.69, 9.17) is 5.73 Å². The number of hydrogen-bond acceptors (Lipinski definition) is 1. The van der Waals surface area contributed by atoms with Gasteiger partial charge in [-0.15, -0.1) is 0 Å². The summed E-state index contributed by atoms with van der Waals surface area (Å²) < 4.78 is 12.8. The second-order valence-corrected chi connectivity index (χ2v) is 3.55. The summed E-state index contributed by atoms with van der Waals surface area (Å²) in [6.07, 6.45) is 0. The van der Waals surface area contributed by atoms with Crippen molar-refractivity contribution in [2.45, 2.75) is 6.92 Å².